The number of hydrogen-bond acceptors (Lipinski definition) is 4. The minimum atomic E-state index is -0.0151. The minimum Gasteiger partial charge on any atom is -0.471 e. The molecular weight excluding hydrogens is 292 g/mol. The van der Waals surface area contributed by atoms with Crippen LogP contribution in [0.25, 0.3) is 0 Å². The van der Waals surface area contributed by atoms with Gasteiger partial charge in [-0.25, -0.2) is 4.98 Å². The fourth-order valence-electron chi connectivity index (χ4n) is 2.45. The smallest absolute Gasteiger partial charge is 0.223 e. The molecule has 0 N–H and O–H groups in total. The highest BCUT2D eigenvalue weighted by Gasteiger charge is 2.32. The molecule has 0 saturated carbocycles. The lowest BCUT2D eigenvalue weighted by Gasteiger charge is -2.38. The van der Waals surface area contributed by atoms with Crippen molar-refractivity contribution in [3.8, 4) is 5.88 Å². The van der Waals surface area contributed by atoms with Crippen molar-refractivity contribution in [3.05, 3.63) is 60.3 Å². The molecule has 0 unspecified atom stereocenters. The van der Waals surface area contributed by atoms with Crippen LogP contribution in [0.15, 0.2) is 54.7 Å². The Bertz CT molecular complexity index is 667. The Morgan fingerprint density at radius 3 is 2.48 bits per heavy atom. The highest BCUT2D eigenvalue weighted by atomic mass is 16.5. The zero-order valence-corrected chi connectivity index (χ0v) is 12.7. The van der Waals surface area contributed by atoms with Gasteiger partial charge in [0.1, 0.15) is 6.10 Å². The number of hydrogen-bond donors (Lipinski definition) is 0. The number of amides is 1. The van der Waals surface area contributed by atoms with E-state index < -0.39 is 0 Å². The fourth-order valence-corrected chi connectivity index (χ4v) is 2.45. The van der Waals surface area contributed by atoms with Crippen LogP contribution < -0.4 is 4.74 Å². The SMILES string of the molecule is O=C(CCC(=O)N1CC(Oc2ccccn2)C1)c1ccccc1. The third kappa shape index (κ3) is 3.94. The van der Waals surface area contributed by atoms with Crippen LogP contribution in [0.3, 0.4) is 0 Å². The van der Waals surface area contributed by atoms with Gasteiger partial charge in [-0.1, -0.05) is 36.4 Å². The molecule has 2 heterocycles. The molecule has 2 aromatic rings. The molecule has 5 heteroatoms. The van der Waals surface area contributed by atoms with E-state index in [-0.39, 0.29) is 30.6 Å². The first-order valence-electron chi connectivity index (χ1n) is 7.66. The predicted octanol–water partition coefficient (Wildman–Crippen LogP) is 2.33. The van der Waals surface area contributed by atoms with Gasteiger partial charge in [0.2, 0.25) is 11.8 Å². The van der Waals surface area contributed by atoms with Crippen molar-refractivity contribution in [2.75, 3.05) is 13.1 Å². The summed E-state index contributed by atoms with van der Waals surface area (Å²) < 4.78 is 5.65. The monoisotopic (exact) mass is 310 g/mol. The highest BCUT2D eigenvalue weighted by Crippen LogP contribution is 2.17. The minimum absolute atomic E-state index is 0.000703. The van der Waals surface area contributed by atoms with Crippen LogP contribution in [0.5, 0.6) is 5.88 Å². The topological polar surface area (TPSA) is 59.5 Å². The molecule has 0 atom stereocenters. The molecule has 0 spiro atoms. The largest absolute Gasteiger partial charge is 0.471 e. The summed E-state index contributed by atoms with van der Waals surface area (Å²) in [5.41, 5.74) is 0.653. The van der Waals surface area contributed by atoms with E-state index in [1.165, 1.54) is 0 Å². The van der Waals surface area contributed by atoms with Gasteiger partial charge in [-0.3, -0.25) is 9.59 Å². The van der Waals surface area contributed by atoms with Crippen molar-refractivity contribution in [1.82, 2.24) is 9.88 Å². The van der Waals surface area contributed by atoms with Crippen LogP contribution in [0.2, 0.25) is 0 Å². The van der Waals surface area contributed by atoms with Gasteiger partial charge < -0.3 is 9.64 Å². The van der Waals surface area contributed by atoms with Crippen LogP contribution in [0.1, 0.15) is 23.2 Å². The zero-order chi connectivity index (χ0) is 16.1. The van der Waals surface area contributed by atoms with Gasteiger partial charge in [0.05, 0.1) is 13.1 Å². The maximum atomic E-state index is 12.1. The van der Waals surface area contributed by atoms with E-state index in [9.17, 15) is 9.59 Å². The summed E-state index contributed by atoms with van der Waals surface area (Å²) in [6, 6.07) is 14.5. The number of rotatable bonds is 6. The van der Waals surface area contributed by atoms with Crippen molar-refractivity contribution in [2.24, 2.45) is 0 Å². The van der Waals surface area contributed by atoms with Gasteiger partial charge in [-0.2, -0.15) is 0 Å². The summed E-state index contributed by atoms with van der Waals surface area (Å²) in [7, 11) is 0. The first kappa shape index (κ1) is 15.2. The lowest BCUT2D eigenvalue weighted by Crippen LogP contribution is -2.56. The van der Waals surface area contributed by atoms with Crippen LogP contribution in [0, 0.1) is 0 Å². The predicted molar refractivity (Wildman–Crippen MR) is 85.2 cm³/mol. The highest BCUT2D eigenvalue weighted by molar-refractivity contribution is 5.97. The van der Waals surface area contributed by atoms with Crippen molar-refractivity contribution < 1.29 is 14.3 Å². The number of ketones is 1. The Morgan fingerprint density at radius 1 is 1.04 bits per heavy atom. The molecule has 1 fully saturated rings. The molecule has 1 aromatic heterocycles. The molecule has 0 aliphatic carbocycles. The fraction of sp³-hybridized carbons (Fsp3) is 0.278. The van der Waals surface area contributed by atoms with Gasteiger partial charge in [0.15, 0.2) is 5.78 Å². The third-order valence-electron chi connectivity index (χ3n) is 3.79. The van der Waals surface area contributed by atoms with E-state index in [1.807, 2.05) is 30.3 Å². The molecule has 1 amide bonds. The second-order valence-electron chi connectivity index (χ2n) is 5.50. The molecule has 3 rings (SSSR count). The van der Waals surface area contributed by atoms with Gasteiger partial charge in [0.25, 0.3) is 0 Å². The molecule has 0 radical (unpaired) electrons. The quantitative estimate of drug-likeness (QED) is 0.768. The Hall–Kier alpha value is -2.69. The Labute approximate surface area is 134 Å². The molecule has 23 heavy (non-hydrogen) atoms. The van der Waals surface area contributed by atoms with Crippen molar-refractivity contribution in [3.63, 3.8) is 0 Å². The lowest BCUT2D eigenvalue weighted by molar-refractivity contribution is -0.140. The van der Waals surface area contributed by atoms with E-state index in [0.717, 1.165) is 0 Å². The maximum Gasteiger partial charge on any atom is 0.223 e. The van der Waals surface area contributed by atoms with Gasteiger partial charge in [0, 0.05) is 30.7 Å². The van der Waals surface area contributed by atoms with E-state index in [0.29, 0.717) is 24.5 Å². The summed E-state index contributed by atoms with van der Waals surface area (Å²) in [6.07, 6.45) is 2.14. The average molecular weight is 310 g/mol. The average Bonchev–Trinajstić information content (AvgIpc) is 2.57. The van der Waals surface area contributed by atoms with Gasteiger partial charge in [-0.15, -0.1) is 0 Å². The number of Topliss-reactive ketones (excluding diaryl/α,β-unsaturated/α-hetero) is 1. The molecule has 5 nitrogen and oxygen atoms in total. The number of likely N-dealkylation sites (tertiary alicyclic amines) is 1. The summed E-state index contributed by atoms with van der Waals surface area (Å²) in [4.78, 5) is 29.8. The van der Waals surface area contributed by atoms with Crippen LogP contribution in [-0.4, -0.2) is 40.8 Å². The number of carbonyl (C=O) groups is 2. The van der Waals surface area contributed by atoms with E-state index >= 15 is 0 Å². The second-order valence-corrected chi connectivity index (χ2v) is 5.50. The van der Waals surface area contributed by atoms with Crippen molar-refractivity contribution >= 4 is 11.7 Å². The summed E-state index contributed by atoms with van der Waals surface area (Å²) in [6.45, 7) is 1.10. The number of nitrogens with zero attached hydrogens (tertiary/aromatic N) is 2. The van der Waals surface area contributed by atoms with Crippen LogP contribution >= 0.6 is 0 Å². The van der Waals surface area contributed by atoms with Crippen molar-refractivity contribution in [2.45, 2.75) is 18.9 Å². The summed E-state index contributed by atoms with van der Waals surface area (Å²) in [5, 5.41) is 0. The number of carbonyl (C=O) groups excluding carboxylic acids is 2. The van der Waals surface area contributed by atoms with Crippen LogP contribution in [-0.2, 0) is 4.79 Å². The van der Waals surface area contributed by atoms with Gasteiger partial charge >= 0.3 is 0 Å². The summed E-state index contributed by atoms with van der Waals surface area (Å²) >= 11 is 0. The molecule has 0 bridgehead atoms. The third-order valence-corrected chi connectivity index (χ3v) is 3.79. The molecule has 1 aliphatic heterocycles. The number of pyridine rings is 1. The standard InChI is InChI=1S/C18H18N2O3/c21-16(14-6-2-1-3-7-14)9-10-18(22)20-12-15(13-20)23-17-8-4-5-11-19-17/h1-8,11,15H,9-10,12-13H2. The summed E-state index contributed by atoms with van der Waals surface area (Å²) in [5.74, 6) is 0.569. The molecule has 1 saturated heterocycles. The Morgan fingerprint density at radius 2 is 1.78 bits per heavy atom. The second kappa shape index (κ2) is 7.05. The number of benzene rings is 1. The maximum absolute atomic E-state index is 12.1. The van der Waals surface area contributed by atoms with E-state index in [2.05, 4.69) is 4.98 Å². The number of aromatic nitrogens is 1. The molecule has 1 aromatic carbocycles. The Kier molecular flexibility index (Phi) is 4.66. The molecule has 118 valence electrons. The molecule has 1 aliphatic rings. The zero-order valence-electron chi connectivity index (χ0n) is 12.7. The van der Waals surface area contributed by atoms with Crippen molar-refractivity contribution in [1.29, 1.82) is 0 Å². The normalized spacial score (nSPS) is 14.2. The Balaban J connectivity index is 1.40. The van der Waals surface area contributed by atoms with Crippen LogP contribution in [0.4, 0.5) is 0 Å². The van der Waals surface area contributed by atoms with E-state index in [1.54, 1.807) is 29.3 Å². The number of ether oxygens (including phenoxy) is 1. The lowest BCUT2D eigenvalue weighted by atomic mass is 10.1. The first-order valence-corrected chi connectivity index (χ1v) is 7.66. The van der Waals surface area contributed by atoms with E-state index in [4.69, 9.17) is 4.74 Å². The first-order chi connectivity index (χ1) is 11.2. The van der Waals surface area contributed by atoms with Gasteiger partial charge in [-0.05, 0) is 6.07 Å². The molecular formula is C18H18N2O3.